The molecule has 1 saturated heterocycles. The van der Waals surface area contributed by atoms with E-state index in [1.165, 1.54) is 44.9 Å². The molecule has 0 saturated carbocycles. The fraction of sp³-hybridized carbons (Fsp3) is 0.647. The lowest BCUT2D eigenvalue weighted by Crippen LogP contribution is -2.59. The van der Waals surface area contributed by atoms with Crippen molar-refractivity contribution in [2.45, 2.75) is 192 Å². The number of rotatable bonds is 37. The lowest BCUT2D eigenvalue weighted by molar-refractivity contribution is -0.305. The fourth-order valence-electron chi connectivity index (χ4n) is 6.30. The third kappa shape index (κ3) is 32.0. The molecule has 346 valence electrons. The van der Waals surface area contributed by atoms with E-state index in [2.05, 4.69) is 98.9 Å². The summed E-state index contributed by atoms with van der Waals surface area (Å²) in [5, 5.41) is 40.1. The van der Waals surface area contributed by atoms with Crippen LogP contribution >= 0.6 is 0 Å². The van der Waals surface area contributed by atoms with E-state index in [1.807, 2.05) is 12.2 Å². The Morgan fingerprint density at radius 3 is 1.52 bits per heavy atom. The summed E-state index contributed by atoms with van der Waals surface area (Å²) in [5.41, 5.74) is 0. The van der Waals surface area contributed by atoms with Gasteiger partial charge in [0, 0.05) is 12.8 Å². The highest BCUT2D eigenvalue weighted by molar-refractivity contribution is 5.70. The second kappa shape index (κ2) is 40.7. The number of aliphatic hydroxyl groups is 4. The first-order valence-corrected chi connectivity index (χ1v) is 23.3. The van der Waals surface area contributed by atoms with Gasteiger partial charge in [-0.1, -0.05) is 156 Å². The summed E-state index contributed by atoms with van der Waals surface area (Å²) in [6.45, 7) is 3.19. The standard InChI is InChI=1S/C51H82O10/c1-3-5-7-9-11-13-15-17-19-21-22-24-26-28-30-32-34-36-38-40-47(54)60-44(43-59-51-50(57)49(56)48(55)45(41-52)61-51)42-58-46(53)39-37-35-33-31-29-27-25-23-20-18-16-14-12-10-8-6-4-2/h5,7,11-14,17-20,22,24,28,30,34,36,44-45,48-52,55-57H,3-4,6,8-10,15-16,21,23,25-27,29,31-33,35,37-43H2,1-2H3/b7-5+,13-11+,14-12+,19-17+,20-18+,24-22+,30-28+,36-34+/t44-,45-,48+,49?,50?,51-/m1/s1. The van der Waals surface area contributed by atoms with Crippen molar-refractivity contribution in [1.82, 2.24) is 0 Å². The van der Waals surface area contributed by atoms with E-state index in [-0.39, 0.29) is 26.1 Å². The van der Waals surface area contributed by atoms with E-state index < -0.39 is 55.4 Å². The molecule has 0 bridgehead atoms. The number of carbonyl (C=O) groups is 2. The number of hydrogen-bond acceptors (Lipinski definition) is 10. The molecule has 0 aliphatic carbocycles. The molecule has 1 heterocycles. The van der Waals surface area contributed by atoms with E-state index in [0.717, 1.165) is 70.6 Å². The molecule has 0 aromatic rings. The van der Waals surface area contributed by atoms with Crippen LogP contribution in [-0.4, -0.2) is 89.0 Å². The normalized spacial score (nSPS) is 20.7. The summed E-state index contributed by atoms with van der Waals surface area (Å²) in [7, 11) is 0. The van der Waals surface area contributed by atoms with Crippen LogP contribution in [0.2, 0.25) is 0 Å². The number of aliphatic hydroxyl groups excluding tert-OH is 4. The van der Waals surface area contributed by atoms with Crippen molar-refractivity contribution < 1.29 is 49.0 Å². The Hall–Kier alpha value is -3.38. The van der Waals surface area contributed by atoms with Crippen LogP contribution in [0.3, 0.4) is 0 Å². The summed E-state index contributed by atoms with van der Waals surface area (Å²) >= 11 is 0. The highest BCUT2D eigenvalue weighted by Crippen LogP contribution is 2.22. The van der Waals surface area contributed by atoms with Crippen molar-refractivity contribution in [1.29, 1.82) is 0 Å². The quantitative estimate of drug-likeness (QED) is 0.0270. The molecule has 10 nitrogen and oxygen atoms in total. The van der Waals surface area contributed by atoms with Crippen LogP contribution < -0.4 is 0 Å². The molecule has 4 N–H and O–H groups in total. The Kier molecular flexibility index (Phi) is 37.1. The number of hydrogen-bond donors (Lipinski definition) is 4. The minimum Gasteiger partial charge on any atom is -0.462 e. The summed E-state index contributed by atoms with van der Waals surface area (Å²) in [5.74, 6) is -0.922. The third-order valence-corrected chi connectivity index (χ3v) is 9.97. The van der Waals surface area contributed by atoms with Gasteiger partial charge >= 0.3 is 11.9 Å². The Bertz CT molecular complexity index is 1310. The molecule has 0 amide bonds. The minimum absolute atomic E-state index is 0.0974. The monoisotopic (exact) mass is 855 g/mol. The number of esters is 2. The molecule has 1 rings (SSSR count). The van der Waals surface area contributed by atoms with Crippen LogP contribution in [0.5, 0.6) is 0 Å². The van der Waals surface area contributed by atoms with Gasteiger partial charge in [0.05, 0.1) is 13.2 Å². The summed E-state index contributed by atoms with van der Waals surface area (Å²) < 4.78 is 22.1. The first-order chi connectivity index (χ1) is 29.8. The van der Waals surface area contributed by atoms with Crippen LogP contribution in [0.15, 0.2) is 97.2 Å². The van der Waals surface area contributed by atoms with Crippen molar-refractivity contribution in [3.63, 3.8) is 0 Å². The second-order valence-corrected chi connectivity index (χ2v) is 15.5. The van der Waals surface area contributed by atoms with E-state index in [0.29, 0.717) is 12.8 Å². The highest BCUT2D eigenvalue weighted by atomic mass is 16.7. The Balaban J connectivity index is 2.39. The molecular formula is C51H82O10. The summed E-state index contributed by atoms with van der Waals surface area (Å²) in [6.07, 6.45) is 47.0. The fourth-order valence-corrected chi connectivity index (χ4v) is 6.30. The molecule has 1 aliphatic heterocycles. The van der Waals surface area contributed by atoms with Crippen LogP contribution in [-0.2, 0) is 28.5 Å². The number of unbranched alkanes of at least 4 members (excludes halogenated alkanes) is 10. The Labute approximate surface area is 368 Å². The van der Waals surface area contributed by atoms with Gasteiger partial charge in [0.2, 0.25) is 0 Å². The highest BCUT2D eigenvalue weighted by Gasteiger charge is 2.44. The van der Waals surface area contributed by atoms with Crippen molar-refractivity contribution in [3.05, 3.63) is 97.2 Å². The van der Waals surface area contributed by atoms with E-state index in [1.54, 1.807) is 0 Å². The maximum absolute atomic E-state index is 12.8. The van der Waals surface area contributed by atoms with Gasteiger partial charge in [0.25, 0.3) is 0 Å². The Morgan fingerprint density at radius 2 is 1.00 bits per heavy atom. The van der Waals surface area contributed by atoms with Gasteiger partial charge in [0.15, 0.2) is 12.4 Å². The predicted octanol–water partition coefficient (Wildman–Crippen LogP) is 10.3. The average Bonchev–Trinajstić information content (AvgIpc) is 3.26. The van der Waals surface area contributed by atoms with Crippen molar-refractivity contribution in [3.8, 4) is 0 Å². The Morgan fingerprint density at radius 1 is 0.525 bits per heavy atom. The van der Waals surface area contributed by atoms with E-state index >= 15 is 0 Å². The molecule has 1 aliphatic rings. The first-order valence-electron chi connectivity index (χ1n) is 23.3. The molecule has 0 spiro atoms. The molecule has 61 heavy (non-hydrogen) atoms. The van der Waals surface area contributed by atoms with Gasteiger partial charge in [-0.15, -0.1) is 0 Å². The van der Waals surface area contributed by atoms with Gasteiger partial charge in [-0.25, -0.2) is 0 Å². The lowest BCUT2D eigenvalue weighted by Gasteiger charge is -2.39. The van der Waals surface area contributed by atoms with Crippen molar-refractivity contribution in [2.24, 2.45) is 0 Å². The van der Waals surface area contributed by atoms with Crippen LogP contribution in [0.25, 0.3) is 0 Å². The second-order valence-electron chi connectivity index (χ2n) is 15.5. The van der Waals surface area contributed by atoms with Gasteiger partial charge < -0.3 is 39.4 Å². The summed E-state index contributed by atoms with van der Waals surface area (Å²) in [4.78, 5) is 25.3. The van der Waals surface area contributed by atoms with E-state index in [4.69, 9.17) is 18.9 Å². The maximum atomic E-state index is 12.8. The SMILES string of the molecule is CC/C=C/C/C=C/C/C=C/C/C=C/C/C=C/C/C=C/CCC(=O)O[C@H](COC(=O)CCCCCCCCC/C=C/C/C=C/CCCCC)CO[C@@H]1O[C@H](CO)[C@H](O)C(O)C1O. The molecule has 0 aromatic heterocycles. The number of allylic oxidation sites excluding steroid dienone is 16. The van der Waals surface area contributed by atoms with Crippen LogP contribution in [0.4, 0.5) is 0 Å². The molecule has 0 aromatic carbocycles. The minimum atomic E-state index is -1.62. The number of ether oxygens (including phenoxy) is 4. The average molecular weight is 855 g/mol. The van der Waals surface area contributed by atoms with Crippen LogP contribution in [0, 0.1) is 0 Å². The molecule has 2 unspecified atom stereocenters. The van der Waals surface area contributed by atoms with Gasteiger partial charge in [-0.3, -0.25) is 9.59 Å². The summed E-state index contributed by atoms with van der Waals surface area (Å²) in [6, 6.07) is 0. The zero-order valence-electron chi connectivity index (χ0n) is 37.6. The van der Waals surface area contributed by atoms with E-state index in [9.17, 15) is 30.0 Å². The topological polar surface area (TPSA) is 152 Å². The van der Waals surface area contributed by atoms with Crippen molar-refractivity contribution >= 4 is 11.9 Å². The molecule has 1 fully saturated rings. The largest absolute Gasteiger partial charge is 0.462 e. The van der Waals surface area contributed by atoms with Crippen molar-refractivity contribution in [2.75, 3.05) is 19.8 Å². The zero-order valence-corrected chi connectivity index (χ0v) is 37.6. The predicted molar refractivity (Wildman–Crippen MR) is 247 cm³/mol. The van der Waals surface area contributed by atoms with Crippen LogP contribution in [0.1, 0.15) is 155 Å². The molecule has 10 heteroatoms. The van der Waals surface area contributed by atoms with Gasteiger partial charge in [0.1, 0.15) is 31.0 Å². The van der Waals surface area contributed by atoms with Gasteiger partial charge in [-0.2, -0.15) is 0 Å². The first kappa shape index (κ1) is 55.6. The molecular weight excluding hydrogens is 773 g/mol. The number of carbonyl (C=O) groups excluding carboxylic acids is 2. The lowest BCUT2D eigenvalue weighted by atomic mass is 9.99. The zero-order chi connectivity index (χ0) is 44.4. The molecule has 6 atom stereocenters. The van der Waals surface area contributed by atoms with Gasteiger partial charge in [-0.05, 0) is 83.5 Å². The smallest absolute Gasteiger partial charge is 0.306 e. The molecule has 0 radical (unpaired) electrons. The maximum Gasteiger partial charge on any atom is 0.306 e. The third-order valence-electron chi connectivity index (χ3n) is 9.97.